The maximum absolute atomic E-state index is 13.5. The van der Waals surface area contributed by atoms with Crippen LogP contribution in [0.25, 0.3) is 0 Å². The molecule has 2 aromatic rings. The molecule has 0 aliphatic carbocycles. The van der Waals surface area contributed by atoms with Gasteiger partial charge in [-0.05, 0) is 49.1 Å². The minimum Gasteiger partial charge on any atom is -0.449 e. The molecular formula is C17H21F3N6O2. The maximum atomic E-state index is 13.5. The Morgan fingerprint density at radius 3 is 2.75 bits per heavy atom. The molecule has 0 saturated heterocycles. The van der Waals surface area contributed by atoms with E-state index in [1.807, 2.05) is 0 Å². The topological polar surface area (TPSA) is 85.2 Å². The Hall–Kier alpha value is -2.85. The normalized spacial score (nSPS) is 17.1. The molecule has 1 unspecified atom stereocenters. The van der Waals surface area contributed by atoms with Crippen molar-refractivity contribution in [2.75, 3.05) is 23.4 Å². The zero-order valence-corrected chi connectivity index (χ0v) is 15.7. The summed E-state index contributed by atoms with van der Waals surface area (Å²) < 4.78 is 45.4. The molecule has 0 spiro atoms. The number of ether oxygens (including phenoxy) is 1. The number of rotatable bonds is 3. The van der Waals surface area contributed by atoms with Crippen LogP contribution in [0.4, 0.5) is 29.6 Å². The van der Waals surface area contributed by atoms with Gasteiger partial charge in [0.05, 0.1) is 30.9 Å². The Balaban J connectivity index is 2.08. The molecule has 1 aromatic heterocycles. The lowest BCUT2D eigenvalue weighted by Gasteiger charge is -2.26. The number of fused-ring (bicyclic) bond motifs is 1. The Labute approximate surface area is 159 Å². The first-order valence-electron chi connectivity index (χ1n) is 8.87. The van der Waals surface area contributed by atoms with Gasteiger partial charge >= 0.3 is 12.3 Å². The molecule has 0 fully saturated rings. The maximum Gasteiger partial charge on any atom is 0.416 e. The molecule has 1 aromatic carbocycles. The minimum absolute atomic E-state index is 0.0795. The zero-order chi connectivity index (χ0) is 20.5. The summed E-state index contributed by atoms with van der Waals surface area (Å²) in [6, 6.07) is 2.11. The first-order chi connectivity index (χ1) is 13.2. The van der Waals surface area contributed by atoms with Crippen LogP contribution < -0.4 is 10.2 Å². The lowest BCUT2D eigenvalue weighted by atomic mass is 9.96. The van der Waals surface area contributed by atoms with Crippen LogP contribution in [0.2, 0.25) is 0 Å². The van der Waals surface area contributed by atoms with E-state index < -0.39 is 17.8 Å². The number of amides is 1. The third-order valence-electron chi connectivity index (χ3n) is 4.52. The fourth-order valence-electron chi connectivity index (χ4n) is 3.31. The molecule has 1 aliphatic rings. The van der Waals surface area contributed by atoms with E-state index in [4.69, 9.17) is 4.74 Å². The second-order valence-electron chi connectivity index (χ2n) is 6.52. The highest BCUT2D eigenvalue weighted by molar-refractivity contribution is 5.89. The Morgan fingerprint density at radius 1 is 1.39 bits per heavy atom. The molecular weight excluding hydrogens is 377 g/mol. The van der Waals surface area contributed by atoms with Crippen LogP contribution in [0.15, 0.2) is 12.1 Å². The number of hydrogen-bond donors (Lipinski definition) is 1. The summed E-state index contributed by atoms with van der Waals surface area (Å²) in [5.74, 6) is 0.264. The van der Waals surface area contributed by atoms with Crippen LogP contribution in [0.3, 0.4) is 0 Å². The molecule has 152 valence electrons. The van der Waals surface area contributed by atoms with Gasteiger partial charge < -0.3 is 10.1 Å². The van der Waals surface area contributed by atoms with Crippen molar-refractivity contribution in [2.45, 2.75) is 38.9 Å². The van der Waals surface area contributed by atoms with E-state index in [-0.39, 0.29) is 36.4 Å². The number of hydrogen-bond acceptors (Lipinski definition) is 6. The average Bonchev–Trinajstić information content (AvgIpc) is 2.93. The summed E-state index contributed by atoms with van der Waals surface area (Å²) in [5, 5.41) is 14.8. The van der Waals surface area contributed by atoms with Crippen molar-refractivity contribution in [2.24, 2.45) is 7.05 Å². The van der Waals surface area contributed by atoms with Gasteiger partial charge in [-0.25, -0.2) is 4.79 Å². The predicted molar refractivity (Wildman–Crippen MR) is 94.9 cm³/mol. The van der Waals surface area contributed by atoms with E-state index in [0.717, 1.165) is 6.07 Å². The lowest BCUT2D eigenvalue weighted by molar-refractivity contribution is -0.138. The first kappa shape index (κ1) is 19.9. The van der Waals surface area contributed by atoms with Crippen LogP contribution in [0.5, 0.6) is 0 Å². The number of halogens is 3. The van der Waals surface area contributed by atoms with Crippen molar-refractivity contribution in [1.29, 1.82) is 0 Å². The van der Waals surface area contributed by atoms with Crippen molar-refractivity contribution in [3.8, 4) is 0 Å². The molecule has 1 atom stereocenters. The summed E-state index contributed by atoms with van der Waals surface area (Å²) in [4.78, 5) is 14.9. The quantitative estimate of drug-likeness (QED) is 0.853. The number of tetrazole rings is 1. The van der Waals surface area contributed by atoms with Crippen molar-refractivity contribution >= 4 is 17.7 Å². The molecule has 11 heteroatoms. The van der Waals surface area contributed by atoms with Gasteiger partial charge in [0.25, 0.3) is 5.95 Å². The van der Waals surface area contributed by atoms with Gasteiger partial charge in [-0.1, -0.05) is 11.2 Å². The highest BCUT2D eigenvalue weighted by Gasteiger charge is 2.36. The van der Waals surface area contributed by atoms with Gasteiger partial charge in [0.1, 0.15) is 0 Å². The number of alkyl halides is 3. The number of carbonyl (C=O) groups is 1. The van der Waals surface area contributed by atoms with Gasteiger partial charge in [0.2, 0.25) is 0 Å². The molecule has 1 N–H and O–H groups in total. The molecule has 28 heavy (non-hydrogen) atoms. The third kappa shape index (κ3) is 4.02. The number of benzene rings is 1. The molecule has 2 heterocycles. The second-order valence-corrected chi connectivity index (χ2v) is 6.52. The largest absolute Gasteiger partial charge is 0.449 e. The third-order valence-corrected chi connectivity index (χ3v) is 4.52. The minimum atomic E-state index is -4.53. The summed E-state index contributed by atoms with van der Waals surface area (Å²) in [6.45, 7) is 3.43. The number of carbonyl (C=O) groups excluding carboxylic acids is 1. The Bertz CT molecular complexity index is 867. The zero-order valence-electron chi connectivity index (χ0n) is 15.7. The first-order valence-corrected chi connectivity index (χ1v) is 8.87. The average molecular weight is 398 g/mol. The summed E-state index contributed by atoms with van der Waals surface area (Å²) >= 11 is 0. The van der Waals surface area contributed by atoms with Crippen LogP contribution in [-0.4, -0.2) is 39.5 Å². The molecule has 1 amide bonds. The number of anilines is 2. The van der Waals surface area contributed by atoms with Gasteiger partial charge in [-0.3, -0.25) is 4.90 Å². The van der Waals surface area contributed by atoms with Crippen molar-refractivity contribution in [1.82, 2.24) is 20.2 Å². The number of aryl methyl sites for hydroxylation is 2. The fraction of sp³-hybridized carbons (Fsp3) is 0.529. The molecule has 1 aliphatic heterocycles. The number of aromatic nitrogens is 4. The van der Waals surface area contributed by atoms with Crippen LogP contribution in [0.1, 0.15) is 42.5 Å². The van der Waals surface area contributed by atoms with E-state index in [1.165, 1.54) is 22.7 Å². The lowest BCUT2D eigenvalue weighted by Crippen LogP contribution is -2.32. The molecule has 8 nitrogen and oxygen atoms in total. The van der Waals surface area contributed by atoms with Gasteiger partial charge in [-0.2, -0.15) is 18.0 Å². The van der Waals surface area contributed by atoms with E-state index >= 15 is 0 Å². The van der Waals surface area contributed by atoms with Crippen LogP contribution in [0, 0.1) is 6.92 Å². The number of nitrogens with zero attached hydrogens (tertiary/aromatic N) is 5. The molecule has 0 bridgehead atoms. The van der Waals surface area contributed by atoms with Gasteiger partial charge in [0, 0.05) is 6.54 Å². The predicted octanol–water partition coefficient (Wildman–Crippen LogP) is 3.45. The smallest absolute Gasteiger partial charge is 0.416 e. The highest BCUT2D eigenvalue weighted by atomic mass is 19.4. The van der Waals surface area contributed by atoms with Crippen molar-refractivity contribution in [3.63, 3.8) is 0 Å². The Morgan fingerprint density at radius 2 is 2.14 bits per heavy atom. The van der Waals surface area contributed by atoms with Gasteiger partial charge in [-0.15, -0.1) is 5.10 Å². The Kier molecular flexibility index (Phi) is 5.43. The monoisotopic (exact) mass is 398 g/mol. The summed E-state index contributed by atoms with van der Waals surface area (Å²) in [5.41, 5.74) is 0.0356. The van der Waals surface area contributed by atoms with Crippen LogP contribution >= 0.6 is 0 Å². The SMILES string of the molecule is CCOC(=O)N1CCCC(Nc2nnn(C)n2)c2cc(C)c(C(F)(F)F)cc21. The van der Waals surface area contributed by atoms with E-state index in [1.54, 1.807) is 14.0 Å². The molecule has 0 saturated carbocycles. The number of nitrogens with one attached hydrogen (secondary N) is 1. The van der Waals surface area contributed by atoms with E-state index in [0.29, 0.717) is 18.4 Å². The van der Waals surface area contributed by atoms with Gasteiger partial charge in [0.15, 0.2) is 0 Å². The molecule has 0 radical (unpaired) electrons. The summed E-state index contributed by atoms with van der Waals surface area (Å²) in [6.07, 6.45) is -4.06. The standard InChI is InChI=1S/C17H21F3N6O2/c1-4-28-16(27)26-7-5-6-13(21-15-22-24-25(3)23-15)11-8-10(2)12(9-14(11)26)17(18,19)20/h8-9,13H,4-7H2,1-3H3,(H,21,23). The fourth-order valence-corrected chi connectivity index (χ4v) is 3.31. The molecule has 3 rings (SSSR count). The second kappa shape index (κ2) is 7.64. The van der Waals surface area contributed by atoms with E-state index in [9.17, 15) is 18.0 Å². The highest BCUT2D eigenvalue weighted by Crippen LogP contribution is 2.41. The van der Waals surface area contributed by atoms with Crippen LogP contribution in [-0.2, 0) is 18.0 Å². The van der Waals surface area contributed by atoms with Crippen molar-refractivity contribution < 1.29 is 22.7 Å². The van der Waals surface area contributed by atoms with Crippen molar-refractivity contribution in [3.05, 3.63) is 28.8 Å². The summed E-state index contributed by atoms with van der Waals surface area (Å²) in [7, 11) is 1.61. The van der Waals surface area contributed by atoms with E-state index in [2.05, 4.69) is 20.7 Å².